The van der Waals surface area contributed by atoms with Crippen LogP contribution in [0.3, 0.4) is 0 Å². The molecule has 0 radical (unpaired) electrons. The van der Waals surface area contributed by atoms with Gasteiger partial charge in [0.15, 0.2) is 0 Å². The highest BCUT2D eigenvalue weighted by Crippen LogP contribution is 2.29. The van der Waals surface area contributed by atoms with E-state index in [2.05, 4.69) is 16.0 Å². The topological polar surface area (TPSA) is 52.5 Å². The van der Waals surface area contributed by atoms with Gasteiger partial charge in [-0.1, -0.05) is 11.6 Å². The van der Waals surface area contributed by atoms with Gasteiger partial charge < -0.3 is 4.98 Å². The van der Waals surface area contributed by atoms with E-state index in [0.29, 0.717) is 12.8 Å². The average Bonchev–Trinajstić information content (AvgIpc) is 2.83. The summed E-state index contributed by atoms with van der Waals surface area (Å²) in [5.41, 5.74) is 0.958. The zero-order valence-electron chi connectivity index (χ0n) is 7.83. The highest BCUT2D eigenvalue weighted by Gasteiger charge is 2.05. The molecule has 0 aromatic carbocycles. The van der Waals surface area contributed by atoms with Crippen LogP contribution >= 0.6 is 22.9 Å². The third-order valence-corrected chi connectivity index (χ3v) is 3.21. The lowest BCUT2D eigenvalue weighted by Crippen LogP contribution is -1.85. The molecule has 0 aliphatic rings. The van der Waals surface area contributed by atoms with Gasteiger partial charge in [-0.05, 0) is 12.1 Å². The van der Waals surface area contributed by atoms with Crippen molar-refractivity contribution >= 4 is 22.9 Å². The minimum Gasteiger partial charge on any atom is -0.341 e. The molecular formula is C10H8ClN3S. The van der Waals surface area contributed by atoms with Crippen molar-refractivity contribution < 1.29 is 0 Å². The first-order valence-electron chi connectivity index (χ1n) is 4.46. The average molecular weight is 238 g/mol. The molecular weight excluding hydrogens is 230 g/mol. The first-order valence-corrected chi connectivity index (χ1v) is 5.65. The molecule has 0 atom stereocenters. The number of hydrogen-bond acceptors (Lipinski definition) is 3. The highest BCUT2D eigenvalue weighted by molar-refractivity contribution is 7.19. The van der Waals surface area contributed by atoms with Crippen LogP contribution in [0, 0.1) is 11.3 Å². The number of nitrogens with zero attached hydrogens (tertiary/aromatic N) is 2. The maximum absolute atomic E-state index is 8.45. The summed E-state index contributed by atoms with van der Waals surface area (Å²) in [6, 6.07) is 5.90. The summed E-state index contributed by atoms with van der Waals surface area (Å²) >= 11 is 7.35. The molecule has 2 aromatic rings. The van der Waals surface area contributed by atoms with Crippen molar-refractivity contribution in [2.45, 2.75) is 12.8 Å². The fraction of sp³-hybridized carbons (Fsp3) is 0.200. The predicted octanol–water partition coefficient (Wildman–Crippen LogP) is 3.25. The van der Waals surface area contributed by atoms with Gasteiger partial charge in [-0.3, -0.25) is 0 Å². The molecule has 2 aromatic heterocycles. The third-order valence-electron chi connectivity index (χ3n) is 1.94. The SMILES string of the molecule is N#CCCc1ncc(-c2ccc(Cl)s2)[nH]1. The Morgan fingerprint density at radius 3 is 3.07 bits per heavy atom. The quantitative estimate of drug-likeness (QED) is 0.891. The van der Waals surface area contributed by atoms with E-state index in [-0.39, 0.29) is 0 Å². The van der Waals surface area contributed by atoms with Crippen molar-refractivity contribution in [3.63, 3.8) is 0 Å². The molecule has 0 bridgehead atoms. The fourth-order valence-corrected chi connectivity index (χ4v) is 2.26. The van der Waals surface area contributed by atoms with Crippen molar-refractivity contribution in [2.24, 2.45) is 0 Å². The predicted molar refractivity (Wildman–Crippen MR) is 60.8 cm³/mol. The number of thiophene rings is 1. The number of aryl methyl sites for hydroxylation is 1. The molecule has 76 valence electrons. The van der Waals surface area contributed by atoms with Gasteiger partial charge in [-0.25, -0.2) is 4.98 Å². The summed E-state index contributed by atoms with van der Waals surface area (Å²) in [5, 5.41) is 8.45. The number of aromatic nitrogens is 2. The van der Waals surface area contributed by atoms with E-state index in [9.17, 15) is 0 Å². The Hall–Kier alpha value is -1.31. The van der Waals surface area contributed by atoms with E-state index in [1.54, 1.807) is 6.20 Å². The van der Waals surface area contributed by atoms with Gasteiger partial charge in [0.1, 0.15) is 5.82 Å². The Balaban J connectivity index is 2.17. The van der Waals surface area contributed by atoms with Gasteiger partial charge in [-0.15, -0.1) is 11.3 Å². The number of aromatic amines is 1. The summed E-state index contributed by atoms with van der Waals surface area (Å²) in [6.07, 6.45) is 2.92. The van der Waals surface area contributed by atoms with Crippen LogP contribution in [0.4, 0.5) is 0 Å². The van der Waals surface area contributed by atoms with Crippen LogP contribution in [0.15, 0.2) is 18.3 Å². The molecule has 0 aliphatic heterocycles. The first kappa shape index (κ1) is 10.2. The molecule has 2 rings (SSSR count). The Kier molecular flexibility index (Phi) is 3.05. The van der Waals surface area contributed by atoms with Crippen LogP contribution in [-0.2, 0) is 6.42 Å². The van der Waals surface area contributed by atoms with E-state index < -0.39 is 0 Å². The highest BCUT2D eigenvalue weighted by atomic mass is 35.5. The molecule has 0 aliphatic carbocycles. The molecule has 2 heterocycles. The molecule has 1 N–H and O–H groups in total. The summed E-state index contributed by atoms with van der Waals surface area (Å²) < 4.78 is 0.762. The largest absolute Gasteiger partial charge is 0.341 e. The van der Waals surface area contributed by atoms with Gasteiger partial charge in [0.2, 0.25) is 0 Å². The minimum atomic E-state index is 0.484. The zero-order chi connectivity index (χ0) is 10.7. The normalized spacial score (nSPS) is 10.1. The molecule has 0 saturated carbocycles. The van der Waals surface area contributed by atoms with Crippen LogP contribution in [-0.4, -0.2) is 9.97 Å². The van der Waals surface area contributed by atoms with Crippen LogP contribution in [0.25, 0.3) is 10.6 Å². The first-order chi connectivity index (χ1) is 7.29. The standard InChI is InChI=1S/C10H8ClN3S/c11-9-4-3-8(15-9)7-6-13-10(14-7)2-1-5-12/h3-4,6H,1-2H2,(H,13,14). The van der Waals surface area contributed by atoms with Crippen molar-refractivity contribution in [1.82, 2.24) is 9.97 Å². The van der Waals surface area contributed by atoms with Gasteiger partial charge in [0.25, 0.3) is 0 Å². The molecule has 0 amide bonds. The lowest BCUT2D eigenvalue weighted by molar-refractivity contribution is 0.918. The second-order valence-electron chi connectivity index (χ2n) is 3.01. The Labute approximate surface area is 96.3 Å². The Morgan fingerprint density at radius 2 is 2.40 bits per heavy atom. The summed E-state index contributed by atoms with van der Waals surface area (Å²) in [7, 11) is 0. The molecule has 15 heavy (non-hydrogen) atoms. The molecule has 3 nitrogen and oxygen atoms in total. The van der Waals surface area contributed by atoms with Crippen LogP contribution in [0.2, 0.25) is 4.34 Å². The second-order valence-corrected chi connectivity index (χ2v) is 4.72. The lowest BCUT2D eigenvalue weighted by atomic mass is 10.3. The zero-order valence-corrected chi connectivity index (χ0v) is 9.40. The molecule has 0 unspecified atom stereocenters. The van der Waals surface area contributed by atoms with Gasteiger partial charge in [0, 0.05) is 12.8 Å². The number of halogens is 1. The number of nitrogens with one attached hydrogen (secondary N) is 1. The number of nitriles is 1. The number of H-pyrrole nitrogens is 1. The maximum atomic E-state index is 8.45. The van der Waals surface area contributed by atoms with E-state index in [0.717, 1.165) is 20.7 Å². The fourth-order valence-electron chi connectivity index (χ4n) is 1.25. The lowest BCUT2D eigenvalue weighted by Gasteiger charge is -1.90. The second kappa shape index (κ2) is 4.47. The van der Waals surface area contributed by atoms with Crippen LogP contribution in [0.1, 0.15) is 12.2 Å². The van der Waals surface area contributed by atoms with E-state index >= 15 is 0 Å². The van der Waals surface area contributed by atoms with Crippen molar-refractivity contribution in [3.05, 3.63) is 28.5 Å². The van der Waals surface area contributed by atoms with Crippen molar-refractivity contribution in [3.8, 4) is 16.6 Å². The van der Waals surface area contributed by atoms with Crippen molar-refractivity contribution in [2.75, 3.05) is 0 Å². The molecule has 5 heteroatoms. The number of hydrogen-bond donors (Lipinski definition) is 1. The van der Waals surface area contributed by atoms with E-state index in [1.807, 2.05) is 12.1 Å². The minimum absolute atomic E-state index is 0.484. The van der Waals surface area contributed by atoms with Gasteiger partial charge >= 0.3 is 0 Å². The van der Waals surface area contributed by atoms with Crippen molar-refractivity contribution in [1.29, 1.82) is 5.26 Å². The van der Waals surface area contributed by atoms with Gasteiger partial charge in [0.05, 0.1) is 27.2 Å². The number of imidazole rings is 1. The van der Waals surface area contributed by atoms with Gasteiger partial charge in [-0.2, -0.15) is 5.26 Å². The molecule has 0 saturated heterocycles. The summed E-state index contributed by atoms with van der Waals surface area (Å²) in [4.78, 5) is 8.43. The van der Waals surface area contributed by atoms with Crippen LogP contribution < -0.4 is 0 Å². The smallest absolute Gasteiger partial charge is 0.107 e. The van der Waals surface area contributed by atoms with E-state index in [1.165, 1.54) is 11.3 Å². The van der Waals surface area contributed by atoms with E-state index in [4.69, 9.17) is 16.9 Å². The molecule has 0 spiro atoms. The summed E-state index contributed by atoms with van der Waals surface area (Å²) in [6.45, 7) is 0. The monoisotopic (exact) mass is 237 g/mol. The summed E-state index contributed by atoms with van der Waals surface area (Å²) in [5.74, 6) is 0.844. The number of rotatable bonds is 3. The molecule has 0 fully saturated rings. The van der Waals surface area contributed by atoms with Crippen LogP contribution in [0.5, 0.6) is 0 Å². The third kappa shape index (κ3) is 2.38. The Bertz CT molecular complexity index is 495. The Morgan fingerprint density at radius 1 is 1.53 bits per heavy atom. The maximum Gasteiger partial charge on any atom is 0.107 e.